The molecule has 1 saturated heterocycles. The van der Waals surface area contributed by atoms with Crippen molar-refractivity contribution in [1.82, 2.24) is 0 Å². The minimum Gasteiger partial charge on any atom is -0.193 e. The molecule has 1 rings (SSSR count). The summed E-state index contributed by atoms with van der Waals surface area (Å²) in [6, 6.07) is 2.08. The third kappa shape index (κ3) is 4.90. The average molecular weight is 263 g/mol. The van der Waals surface area contributed by atoms with Crippen molar-refractivity contribution in [2.45, 2.75) is 69.8 Å². The molecule has 0 N–H and O–H groups in total. The normalized spacial score (nSPS) is 28.1. The van der Waals surface area contributed by atoms with E-state index in [1.165, 1.54) is 30.4 Å². The second-order valence-corrected chi connectivity index (χ2v) is 7.26. The van der Waals surface area contributed by atoms with Gasteiger partial charge in [0.1, 0.15) is 0 Å². The van der Waals surface area contributed by atoms with Gasteiger partial charge < -0.3 is 0 Å². The highest BCUT2D eigenvalue weighted by Crippen LogP contribution is 2.57. The van der Waals surface area contributed by atoms with Crippen molar-refractivity contribution in [3.63, 3.8) is 0 Å². The lowest BCUT2D eigenvalue weighted by molar-refractivity contribution is 0.633. The molecule has 0 aromatic heterocycles. The van der Waals surface area contributed by atoms with Crippen molar-refractivity contribution in [2.24, 2.45) is 0 Å². The molecule has 0 aromatic carbocycles. The van der Waals surface area contributed by atoms with E-state index in [0.29, 0.717) is 4.75 Å². The molecule has 1 nitrogen and oxygen atoms in total. The van der Waals surface area contributed by atoms with Gasteiger partial charge in [-0.15, -0.1) is 11.8 Å². The predicted molar refractivity (Wildman–Crippen MR) is 81.7 cm³/mol. The number of thioether (sulfide) groups is 1. The molecule has 2 unspecified atom stereocenters. The van der Waals surface area contributed by atoms with Crippen molar-refractivity contribution < 1.29 is 0 Å². The minimum absolute atomic E-state index is 0.576. The Balaban J connectivity index is 2.20. The number of hydrogen-bond acceptors (Lipinski definition) is 2. The standard InChI is InChI=1S/C16H25NS/c1-5-16(4)15(18-16)10-9-13(2)7-6-8-14(3)11-12-17/h7,11,15H,5-6,8-10H2,1-4H3. The van der Waals surface area contributed by atoms with Crippen LogP contribution in [0.4, 0.5) is 0 Å². The van der Waals surface area contributed by atoms with E-state index in [1.807, 2.05) is 6.92 Å². The SMILES string of the molecule is CCC1(C)SC1CCC(C)=CCCC(C)=CC#N. The quantitative estimate of drug-likeness (QED) is 0.356. The minimum atomic E-state index is 0.576. The fourth-order valence-electron chi connectivity index (χ4n) is 2.16. The zero-order chi connectivity index (χ0) is 13.6. The molecule has 1 aliphatic rings. The summed E-state index contributed by atoms with van der Waals surface area (Å²) < 4.78 is 0.576. The summed E-state index contributed by atoms with van der Waals surface area (Å²) in [5.74, 6) is 0. The average Bonchev–Trinajstić information content (AvgIpc) is 2.99. The molecule has 1 aliphatic heterocycles. The van der Waals surface area contributed by atoms with E-state index in [9.17, 15) is 0 Å². The molecule has 2 atom stereocenters. The second-order valence-electron chi connectivity index (χ2n) is 5.52. The number of hydrogen-bond donors (Lipinski definition) is 0. The summed E-state index contributed by atoms with van der Waals surface area (Å²) in [7, 11) is 0. The molecule has 0 amide bonds. The van der Waals surface area contributed by atoms with Crippen molar-refractivity contribution in [1.29, 1.82) is 5.26 Å². The summed E-state index contributed by atoms with van der Waals surface area (Å²) >= 11 is 2.14. The zero-order valence-corrected chi connectivity index (χ0v) is 12.9. The first kappa shape index (κ1) is 15.4. The summed E-state index contributed by atoms with van der Waals surface area (Å²) in [5, 5.41) is 9.41. The van der Waals surface area contributed by atoms with Crippen molar-refractivity contribution >= 4 is 11.8 Å². The molecule has 1 fully saturated rings. The maximum Gasteiger partial charge on any atom is 0.0911 e. The highest BCUT2D eigenvalue weighted by Gasteiger charge is 2.48. The Morgan fingerprint density at radius 1 is 1.33 bits per heavy atom. The van der Waals surface area contributed by atoms with E-state index in [1.54, 1.807) is 6.08 Å². The first-order valence-electron chi connectivity index (χ1n) is 6.90. The molecule has 0 aliphatic carbocycles. The number of nitriles is 1. The van der Waals surface area contributed by atoms with Gasteiger partial charge in [-0.25, -0.2) is 0 Å². The van der Waals surface area contributed by atoms with E-state index in [2.05, 4.69) is 44.7 Å². The maximum atomic E-state index is 8.53. The van der Waals surface area contributed by atoms with E-state index in [4.69, 9.17) is 5.26 Å². The van der Waals surface area contributed by atoms with E-state index >= 15 is 0 Å². The van der Waals surface area contributed by atoms with E-state index < -0.39 is 0 Å². The van der Waals surface area contributed by atoms with Crippen LogP contribution < -0.4 is 0 Å². The third-order valence-electron chi connectivity index (χ3n) is 3.88. The third-order valence-corrected chi connectivity index (χ3v) is 5.78. The van der Waals surface area contributed by atoms with Crippen LogP contribution in [0, 0.1) is 11.3 Å². The monoisotopic (exact) mass is 263 g/mol. The topological polar surface area (TPSA) is 23.8 Å². The molecule has 18 heavy (non-hydrogen) atoms. The molecule has 2 heteroatoms. The lowest BCUT2D eigenvalue weighted by Gasteiger charge is -2.05. The molecule has 0 spiro atoms. The molecule has 100 valence electrons. The molecule has 0 aromatic rings. The molecule has 0 radical (unpaired) electrons. The molecule has 0 bridgehead atoms. The lowest BCUT2D eigenvalue weighted by atomic mass is 9.99. The van der Waals surface area contributed by atoms with Crippen molar-refractivity contribution in [3.8, 4) is 6.07 Å². The van der Waals surface area contributed by atoms with Crippen LogP contribution in [0.5, 0.6) is 0 Å². The first-order valence-corrected chi connectivity index (χ1v) is 7.78. The summed E-state index contributed by atoms with van der Waals surface area (Å²) in [5.41, 5.74) is 2.68. The van der Waals surface area contributed by atoms with Gasteiger partial charge in [-0.3, -0.25) is 0 Å². The molecule has 1 heterocycles. The Labute approximate surface area is 116 Å². The van der Waals surface area contributed by atoms with Gasteiger partial charge in [-0.05, 0) is 52.9 Å². The Hall–Kier alpha value is -0.680. The maximum absolute atomic E-state index is 8.53. The predicted octanol–water partition coefficient (Wildman–Crippen LogP) is 5.25. The zero-order valence-electron chi connectivity index (χ0n) is 12.1. The van der Waals surface area contributed by atoms with Crippen LogP contribution in [-0.4, -0.2) is 10.00 Å². The summed E-state index contributed by atoms with van der Waals surface area (Å²) in [4.78, 5) is 0. The summed E-state index contributed by atoms with van der Waals surface area (Å²) in [6.07, 6.45) is 9.91. The van der Waals surface area contributed by atoms with Crippen molar-refractivity contribution in [2.75, 3.05) is 0 Å². The van der Waals surface area contributed by atoms with Crippen LogP contribution in [-0.2, 0) is 0 Å². The first-order chi connectivity index (χ1) is 8.51. The largest absolute Gasteiger partial charge is 0.193 e. The van der Waals surface area contributed by atoms with Crippen LogP contribution in [0.3, 0.4) is 0 Å². The summed E-state index contributed by atoms with van der Waals surface area (Å²) in [6.45, 7) is 8.94. The van der Waals surface area contributed by atoms with Crippen LogP contribution in [0.2, 0.25) is 0 Å². The van der Waals surface area contributed by atoms with E-state index in [-0.39, 0.29) is 0 Å². The molecule has 0 saturated carbocycles. The van der Waals surface area contributed by atoms with Crippen LogP contribution in [0.1, 0.15) is 59.8 Å². The second kappa shape index (κ2) is 7.04. The van der Waals surface area contributed by atoms with Gasteiger partial charge in [0, 0.05) is 16.1 Å². The van der Waals surface area contributed by atoms with Crippen LogP contribution in [0.15, 0.2) is 23.3 Å². The smallest absolute Gasteiger partial charge is 0.0911 e. The molecular weight excluding hydrogens is 238 g/mol. The number of allylic oxidation sites excluding steroid dienone is 4. The van der Waals surface area contributed by atoms with Gasteiger partial charge in [0.05, 0.1) is 6.07 Å². The van der Waals surface area contributed by atoms with Crippen molar-refractivity contribution in [3.05, 3.63) is 23.3 Å². The van der Waals surface area contributed by atoms with Gasteiger partial charge in [0.2, 0.25) is 0 Å². The fourth-order valence-corrected chi connectivity index (χ4v) is 3.42. The Bertz CT molecular complexity index is 375. The van der Waals surface area contributed by atoms with Gasteiger partial charge in [0.25, 0.3) is 0 Å². The fraction of sp³-hybridized carbons (Fsp3) is 0.688. The van der Waals surface area contributed by atoms with Crippen LogP contribution >= 0.6 is 11.8 Å². The Kier molecular flexibility index (Phi) is 6.02. The number of nitrogens with zero attached hydrogens (tertiary/aromatic N) is 1. The highest BCUT2D eigenvalue weighted by molar-refractivity contribution is 8.08. The highest BCUT2D eigenvalue weighted by atomic mass is 32.2. The number of rotatable bonds is 7. The van der Waals surface area contributed by atoms with Gasteiger partial charge in [-0.1, -0.05) is 24.1 Å². The molecular formula is C16H25NS. The van der Waals surface area contributed by atoms with E-state index in [0.717, 1.165) is 18.1 Å². The van der Waals surface area contributed by atoms with Gasteiger partial charge in [0.15, 0.2) is 0 Å². The Morgan fingerprint density at radius 3 is 2.61 bits per heavy atom. The van der Waals surface area contributed by atoms with Gasteiger partial charge >= 0.3 is 0 Å². The van der Waals surface area contributed by atoms with Gasteiger partial charge in [-0.2, -0.15) is 5.26 Å². The lowest BCUT2D eigenvalue weighted by Crippen LogP contribution is -2.06. The van der Waals surface area contributed by atoms with Crippen LogP contribution in [0.25, 0.3) is 0 Å². The Morgan fingerprint density at radius 2 is 2.06 bits per heavy atom.